The Bertz CT molecular complexity index is 544. The number of rotatable bonds is 7. The van der Waals surface area contributed by atoms with E-state index in [-0.39, 0.29) is 25.0 Å². The van der Waals surface area contributed by atoms with Gasteiger partial charge in [-0.1, -0.05) is 29.8 Å². The minimum absolute atomic E-state index is 0.0614. The number of hydrogen-bond acceptors (Lipinski definition) is 5. The van der Waals surface area contributed by atoms with E-state index in [1.165, 1.54) is 0 Å². The minimum atomic E-state index is -1.14. The van der Waals surface area contributed by atoms with Crippen molar-refractivity contribution >= 4 is 23.7 Å². The number of carbonyl (C=O) groups excluding carboxylic acids is 3. The number of carbonyl (C=O) groups is 4. The van der Waals surface area contributed by atoms with E-state index in [2.05, 4.69) is 4.74 Å². The molecular formula is C15H16O6. The van der Waals surface area contributed by atoms with Crippen LogP contribution in [0, 0.1) is 6.92 Å². The molecule has 0 atom stereocenters. The number of ketones is 1. The molecule has 0 unspecified atom stereocenters. The van der Waals surface area contributed by atoms with E-state index in [0.29, 0.717) is 5.56 Å². The summed E-state index contributed by atoms with van der Waals surface area (Å²) in [5, 5.41) is 8.38. The van der Waals surface area contributed by atoms with E-state index in [4.69, 9.17) is 5.11 Å². The summed E-state index contributed by atoms with van der Waals surface area (Å²) in [5.41, 5.74) is 1.51. The van der Waals surface area contributed by atoms with Gasteiger partial charge in [0.1, 0.15) is 0 Å². The summed E-state index contributed by atoms with van der Waals surface area (Å²) in [5.74, 6) is -3.09. The van der Waals surface area contributed by atoms with Crippen LogP contribution in [-0.2, 0) is 19.1 Å². The lowest BCUT2D eigenvalue weighted by molar-refractivity contribution is -0.160. The Morgan fingerprint density at radius 2 is 1.43 bits per heavy atom. The van der Waals surface area contributed by atoms with Crippen LogP contribution in [0.1, 0.15) is 41.6 Å². The van der Waals surface area contributed by atoms with Crippen LogP contribution >= 0.6 is 0 Å². The lowest BCUT2D eigenvalue weighted by atomic mass is 10.1. The number of Topliss-reactive ketones (excluding diaryl/α,β-unsaturated/α-hetero) is 1. The molecule has 0 aromatic heterocycles. The van der Waals surface area contributed by atoms with E-state index in [9.17, 15) is 19.2 Å². The number of ether oxygens (including phenoxy) is 1. The van der Waals surface area contributed by atoms with Gasteiger partial charge >= 0.3 is 17.9 Å². The van der Waals surface area contributed by atoms with E-state index in [1.54, 1.807) is 24.3 Å². The monoisotopic (exact) mass is 292 g/mol. The van der Waals surface area contributed by atoms with Gasteiger partial charge in [0.2, 0.25) is 0 Å². The van der Waals surface area contributed by atoms with Crippen LogP contribution in [-0.4, -0.2) is 28.8 Å². The zero-order chi connectivity index (χ0) is 15.8. The molecular weight excluding hydrogens is 276 g/mol. The quantitative estimate of drug-likeness (QED) is 0.468. The summed E-state index contributed by atoms with van der Waals surface area (Å²) < 4.78 is 4.41. The molecule has 0 aliphatic heterocycles. The molecule has 0 heterocycles. The number of carboxylic acid groups (broad SMARTS) is 1. The molecule has 1 N–H and O–H groups in total. The third kappa shape index (κ3) is 6.47. The predicted molar refractivity (Wildman–Crippen MR) is 72.7 cm³/mol. The summed E-state index contributed by atoms with van der Waals surface area (Å²) >= 11 is 0. The predicted octanol–water partition coefficient (Wildman–Crippen LogP) is 1.89. The minimum Gasteiger partial charge on any atom is -0.481 e. The van der Waals surface area contributed by atoms with Gasteiger partial charge in [0.25, 0.3) is 0 Å². The molecule has 21 heavy (non-hydrogen) atoms. The van der Waals surface area contributed by atoms with Crippen LogP contribution in [0.15, 0.2) is 24.3 Å². The second-order valence-electron chi connectivity index (χ2n) is 4.53. The Kier molecular flexibility index (Phi) is 6.26. The highest BCUT2D eigenvalue weighted by Gasteiger charge is 2.14. The zero-order valence-electron chi connectivity index (χ0n) is 11.6. The Labute approximate surface area is 121 Å². The van der Waals surface area contributed by atoms with E-state index < -0.39 is 24.3 Å². The molecule has 0 spiro atoms. The fourth-order valence-electron chi connectivity index (χ4n) is 1.54. The highest BCUT2D eigenvalue weighted by atomic mass is 16.6. The Morgan fingerprint density at radius 3 is 1.95 bits per heavy atom. The Balaban J connectivity index is 2.35. The largest absolute Gasteiger partial charge is 0.481 e. The summed E-state index contributed by atoms with van der Waals surface area (Å²) in [6, 6.07) is 6.92. The van der Waals surface area contributed by atoms with Gasteiger partial charge in [0.05, 0.1) is 19.3 Å². The summed E-state index contributed by atoms with van der Waals surface area (Å²) in [4.78, 5) is 44.5. The van der Waals surface area contributed by atoms with Crippen molar-refractivity contribution in [2.75, 3.05) is 0 Å². The van der Waals surface area contributed by atoms with Crippen LogP contribution < -0.4 is 0 Å². The highest BCUT2D eigenvalue weighted by Crippen LogP contribution is 2.08. The lowest BCUT2D eigenvalue weighted by Crippen LogP contribution is -2.14. The molecule has 1 rings (SSSR count). The summed E-state index contributed by atoms with van der Waals surface area (Å²) in [6.07, 6.45) is -1.04. The van der Waals surface area contributed by atoms with Gasteiger partial charge in [-0.3, -0.25) is 19.2 Å². The zero-order valence-corrected chi connectivity index (χ0v) is 11.6. The lowest BCUT2D eigenvalue weighted by Gasteiger charge is -2.03. The first kappa shape index (κ1) is 16.6. The van der Waals surface area contributed by atoms with Gasteiger partial charge in [0.15, 0.2) is 5.78 Å². The topological polar surface area (TPSA) is 97.7 Å². The van der Waals surface area contributed by atoms with Crippen molar-refractivity contribution in [2.45, 2.75) is 32.6 Å². The average Bonchev–Trinajstić information content (AvgIpc) is 2.43. The van der Waals surface area contributed by atoms with Crippen LogP contribution in [0.3, 0.4) is 0 Å². The molecule has 112 valence electrons. The van der Waals surface area contributed by atoms with Crippen molar-refractivity contribution in [1.82, 2.24) is 0 Å². The first-order valence-corrected chi connectivity index (χ1v) is 6.43. The van der Waals surface area contributed by atoms with Gasteiger partial charge in [0, 0.05) is 12.0 Å². The molecule has 0 aliphatic carbocycles. The standard InChI is InChI=1S/C15H16O6/c1-10-2-4-11(5-3-10)12(16)6-8-14(19)21-15(20)9-7-13(17)18/h2-5H,6-9H2,1H3,(H,17,18). The van der Waals surface area contributed by atoms with Gasteiger partial charge < -0.3 is 9.84 Å². The van der Waals surface area contributed by atoms with E-state index in [1.807, 2.05) is 6.92 Å². The van der Waals surface area contributed by atoms with Crippen molar-refractivity contribution in [3.05, 3.63) is 35.4 Å². The van der Waals surface area contributed by atoms with Crippen LogP contribution in [0.25, 0.3) is 0 Å². The van der Waals surface area contributed by atoms with Gasteiger partial charge in [-0.15, -0.1) is 0 Å². The fraction of sp³-hybridized carbons (Fsp3) is 0.333. The molecule has 6 nitrogen and oxygen atoms in total. The van der Waals surface area contributed by atoms with Crippen LogP contribution in [0.5, 0.6) is 0 Å². The second kappa shape index (κ2) is 7.94. The van der Waals surface area contributed by atoms with Crippen molar-refractivity contribution in [2.24, 2.45) is 0 Å². The molecule has 0 amide bonds. The SMILES string of the molecule is Cc1ccc(C(=O)CCC(=O)OC(=O)CCC(=O)O)cc1. The smallest absolute Gasteiger partial charge is 0.314 e. The molecule has 0 radical (unpaired) electrons. The first-order chi connectivity index (χ1) is 9.88. The first-order valence-electron chi connectivity index (χ1n) is 6.43. The normalized spacial score (nSPS) is 9.95. The maximum absolute atomic E-state index is 11.8. The molecule has 0 aliphatic rings. The summed E-state index contributed by atoms with van der Waals surface area (Å²) in [7, 11) is 0. The number of carboxylic acids is 1. The maximum atomic E-state index is 11.8. The average molecular weight is 292 g/mol. The van der Waals surface area contributed by atoms with Crippen molar-refractivity contribution < 1.29 is 29.0 Å². The van der Waals surface area contributed by atoms with E-state index >= 15 is 0 Å². The molecule has 0 saturated carbocycles. The molecule has 0 bridgehead atoms. The van der Waals surface area contributed by atoms with Crippen molar-refractivity contribution in [3.8, 4) is 0 Å². The van der Waals surface area contributed by atoms with E-state index in [0.717, 1.165) is 5.56 Å². The maximum Gasteiger partial charge on any atom is 0.314 e. The van der Waals surface area contributed by atoms with Crippen molar-refractivity contribution in [1.29, 1.82) is 0 Å². The van der Waals surface area contributed by atoms with Gasteiger partial charge in [-0.25, -0.2) is 0 Å². The van der Waals surface area contributed by atoms with Gasteiger partial charge in [-0.2, -0.15) is 0 Å². The molecule has 1 aromatic carbocycles. The third-order valence-corrected chi connectivity index (χ3v) is 2.70. The molecule has 0 saturated heterocycles. The van der Waals surface area contributed by atoms with Crippen LogP contribution in [0.2, 0.25) is 0 Å². The van der Waals surface area contributed by atoms with Crippen molar-refractivity contribution in [3.63, 3.8) is 0 Å². The summed E-state index contributed by atoms with van der Waals surface area (Å²) in [6.45, 7) is 1.90. The Morgan fingerprint density at radius 1 is 0.905 bits per heavy atom. The van der Waals surface area contributed by atoms with Crippen LogP contribution in [0.4, 0.5) is 0 Å². The number of benzene rings is 1. The highest BCUT2D eigenvalue weighted by molar-refractivity contribution is 5.98. The van der Waals surface area contributed by atoms with Gasteiger partial charge in [-0.05, 0) is 6.92 Å². The molecule has 6 heteroatoms. The molecule has 1 aromatic rings. The molecule has 0 fully saturated rings. The number of esters is 2. The number of aryl methyl sites for hydroxylation is 1. The number of hydrogen-bond donors (Lipinski definition) is 1. The number of aliphatic carboxylic acids is 1. The Hall–Kier alpha value is -2.50. The second-order valence-corrected chi connectivity index (χ2v) is 4.53. The fourth-order valence-corrected chi connectivity index (χ4v) is 1.54. The third-order valence-electron chi connectivity index (χ3n) is 2.70.